The van der Waals surface area contributed by atoms with Gasteiger partial charge in [-0.15, -0.1) is 0 Å². The van der Waals surface area contributed by atoms with Crippen LogP contribution in [0.4, 0.5) is 0 Å². The van der Waals surface area contributed by atoms with E-state index in [1.54, 1.807) is 6.92 Å². The molecule has 1 aliphatic heterocycles. The third-order valence-electron chi connectivity index (χ3n) is 5.35. The fourth-order valence-corrected chi connectivity index (χ4v) is 3.90. The van der Waals surface area contributed by atoms with Crippen LogP contribution in [0.3, 0.4) is 0 Å². The zero-order valence-electron chi connectivity index (χ0n) is 15.0. The van der Waals surface area contributed by atoms with E-state index in [9.17, 15) is 9.59 Å². The molecular weight excluding hydrogens is 314 g/mol. The molecule has 1 aromatic rings. The van der Waals surface area contributed by atoms with Crippen LogP contribution in [-0.4, -0.2) is 41.4 Å². The van der Waals surface area contributed by atoms with Gasteiger partial charge in [0.25, 0.3) is 0 Å². The van der Waals surface area contributed by atoms with Gasteiger partial charge in [-0.2, -0.15) is 0 Å². The van der Waals surface area contributed by atoms with Gasteiger partial charge in [-0.05, 0) is 44.7 Å². The van der Waals surface area contributed by atoms with Gasteiger partial charge in [0.1, 0.15) is 6.04 Å². The summed E-state index contributed by atoms with van der Waals surface area (Å²) in [5.74, 6) is -0.0876. The molecule has 25 heavy (non-hydrogen) atoms. The molecule has 5 nitrogen and oxygen atoms in total. The van der Waals surface area contributed by atoms with Crippen molar-refractivity contribution < 1.29 is 9.59 Å². The molecule has 1 heterocycles. The summed E-state index contributed by atoms with van der Waals surface area (Å²) in [4.78, 5) is 27.2. The van der Waals surface area contributed by atoms with Crippen LogP contribution in [0.5, 0.6) is 0 Å². The molecule has 0 bridgehead atoms. The van der Waals surface area contributed by atoms with Crippen LogP contribution in [0.15, 0.2) is 30.3 Å². The zero-order chi connectivity index (χ0) is 17.6. The Hall–Kier alpha value is -1.88. The second-order valence-electron chi connectivity index (χ2n) is 7.33. The van der Waals surface area contributed by atoms with Crippen LogP contribution in [-0.2, 0) is 16.1 Å². The molecule has 2 atom stereocenters. The Morgan fingerprint density at radius 2 is 1.84 bits per heavy atom. The zero-order valence-corrected chi connectivity index (χ0v) is 15.0. The quantitative estimate of drug-likeness (QED) is 0.832. The van der Waals surface area contributed by atoms with Crippen molar-refractivity contribution in [2.24, 2.45) is 0 Å². The minimum Gasteiger partial charge on any atom is -0.352 e. The van der Waals surface area contributed by atoms with Crippen molar-refractivity contribution in [2.45, 2.75) is 70.1 Å². The average molecular weight is 343 g/mol. The molecule has 5 heteroatoms. The summed E-state index contributed by atoms with van der Waals surface area (Å²) in [6, 6.07) is 9.89. The maximum atomic E-state index is 12.7. The van der Waals surface area contributed by atoms with Crippen LogP contribution < -0.4 is 10.6 Å². The lowest BCUT2D eigenvalue weighted by Gasteiger charge is -2.25. The van der Waals surface area contributed by atoms with E-state index in [2.05, 4.69) is 27.7 Å². The van der Waals surface area contributed by atoms with E-state index in [0.29, 0.717) is 0 Å². The van der Waals surface area contributed by atoms with Crippen molar-refractivity contribution in [2.75, 3.05) is 6.54 Å². The molecule has 0 unspecified atom stereocenters. The van der Waals surface area contributed by atoms with Gasteiger partial charge in [-0.25, -0.2) is 0 Å². The van der Waals surface area contributed by atoms with Gasteiger partial charge in [0.2, 0.25) is 11.8 Å². The summed E-state index contributed by atoms with van der Waals surface area (Å²) < 4.78 is 0. The summed E-state index contributed by atoms with van der Waals surface area (Å²) in [6.45, 7) is 3.48. The highest BCUT2D eigenvalue weighted by Crippen LogP contribution is 2.21. The lowest BCUT2D eigenvalue weighted by molar-refractivity contribution is -0.131. The van der Waals surface area contributed by atoms with Gasteiger partial charge >= 0.3 is 0 Å². The molecule has 1 saturated carbocycles. The fourth-order valence-electron chi connectivity index (χ4n) is 3.90. The number of likely N-dealkylation sites (tertiary alicyclic amines) is 1. The first kappa shape index (κ1) is 17.9. The smallest absolute Gasteiger partial charge is 0.242 e. The monoisotopic (exact) mass is 343 g/mol. The number of hydrogen-bond acceptors (Lipinski definition) is 3. The van der Waals surface area contributed by atoms with Crippen molar-refractivity contribution in [3.8, 4) is 0 Å². The Labute approximate surface area is 150 Å². The van der Waals surface area contributed by atoms with Gasteiger partial charge in [0, 0.05) is 12.6 Å². The van der Waals surface area contributed by atoms with E-state index in [0.717, 1.165) is 38.8 Å². The number of rotatable bonds is 6. The minimum absolute atomic E-state index is 0.0255. The number of hydrogen-bond donors (Lipinski definition) is 2. The highest BCUT2D eigenvalue weighted by molar-refractivity contribution is 5.89. The molecule has 0 radical (unpaired) electrons. The second-order valence-corrected chi connectivity index (χ2v) is 7.33. The van der Waals surface area contributed by atoms with Crippen LogP contribution in [0, 0.1) is 0 Å². The third-order valence-corrected chi connectivity index (χ3v) is 5.35. The lowest BCUT2D eigenvalue weighted by atomic mass is 10.1. The maximum Gasteiger partial charge on any atom is 0.242 e. The lowest BCUT2D eigenvalue weighted by Crippen LogP contribution is -2.52. The Morgan fingerprint density at radius 3 is 2.56 bits per heavy atom. The normalized spacial score (nSPS) is 22.7. The van der Waals surface area contributed by atoms with Crippen LogP contribution in [0.2, 0.25) is 0 Å². The van der Waals surface area contributed by atoms with Crippen molar-refractivity contribution >= 4 is 11.8 Å². The first-order valence-electron chi connectivity index (χ1n) is 9.52. The van der Waals surface area contributed by atoms with Crippen molar-refractivity contribution in [3.05, 3.63) is 35.9 Å². The van der Waals surface area contributed by atoms with E-state index >= 15 is 0 Å². The Morgan fingerprint density at radius 1 is 1.12 bits per heavy atom. The number of nitrogens with one attached hydrogen (secondary N) is 2. The average Bonchev–Trinajstić information content (AvgIpc) is 3.27. The first-order chi connectivity index (χ1) is 12.1. The standard InChI is InChI=1S/C20H29N3O2/c1-15(19(24)22-17-10-5-6-11-17)21-20(25)18-12-7-13-23(18)14-16-8-3-2-4-9-16/h2-4,8-9,15,17-18H,5-7,10-14H2,1H3,(H,21,25)(H,22,24)/t15-,18+/m1/s1. The summed E-state index contributed by atoms with van der Waals surface area (Å²) in [7, 11) is 0. The Kier molecular flexibility index (Phi) is 6.08. The maximum absolute atomic E-state index is 12.7. The Bertz CT molecular complexity index is 584. The molecule has 1 saturated heterocycles. The molecule has 2 fully saturated rings. The molecule has 2 aliphatic rings. The van der Waals surface area contributed by atoms with Gasteiger partial charge in [-0.3, -0.25) is 14.5 Å². The van der Waals surface area contributed by atoms with Gasteiger partial charge in [-0.1, -0.05) is 43.2 Å². The highest BCUT2D eigenvalue weighted by atomic mass is 16.2. The molecule has 136 valence electrons. The van der Waals surface area contributed by atoms with Crippen molar-refractivity contribution in [3.63, 3.8) is 0 Å². The molecule has 2 N–H and O–H groups in total. The molecular formula is C20H29N3O2. The molecule has 1 aromatic carbocycles. The minimum atomic E-state index is -0.479. The fraction of sp³-hybridized carbons (Fsp3) is 0.600. The summed E-state index contributed by atoms with van der Waals surface area (Å²) in [5, 5.41) is 5.98. The number of carbonyl (C=O) groups excluding carboxylic acids is 2. The van der Waals surface area contributed by atoms with E-state index in [1.165, 1.54) is 18.4 Å². The van der Waals surface area contributed by atoms with Crippen molar-refractivity contribution in [1.29, 1.82) is 0 Å². The highest BCUT2D eigenvalue weighted by Gasteiger charge is 2.32. The molecule has 3 rings (SSSR count). The van der Waals surface area contributed by atoms with Crippen LogP contribution >= 0.6 is 0 Å². The van der Waals surface area contributed by atoms with E-state index < -0.39 is 6.04 Å². The third kappa shape index (κ3) is 4.82. The van der Waals surface area contributed by atoms with Crippen LogP contribution in [0.25, 0.3) is 0 Å². The molecule has 1 aliphatic carbocycles. The second kappa shape index (κ2) is 8.48. The number of nitrogens with zero attached hydrogens (tertiary/aromatic N) is 1. The largest absolute Gasteiger partial charge is 0.352 e. The van der Waals surface area contributed by atoms with Crippen LogP contribution in [0.1, 0.15) is 51.0 Å². The SMILES string of the molecule is C[C@@H](NC(=O)[C@@H]1CCCN1Cc1ccccc1)C(=O)NC1CCCC1. The first-order valence-corrected chi connectivity index (χ1v) is 9.52. The number of benzene rings is 1. The molecule has 2 amide bonds. The predicted molar refractivity (Wildman–Crippen MR) is 97.9 cm³/mol. The Balaban J connectivity index is 1.51. The van der Waals surface area contributed by atoms with Gasteiger partial charge in [0.15, 0.2) is 0 Å². The number of carbonyl (C=O) groups is 2. The number of amides is 2. The van der Waals surface area contributed by atoms with E-state index in [-0.39, 0.29) is 23.9 Å². The topological polar surface area (TPSA) is 61.4 Å². The van der Waals surface area contributed by atoms with E-state index in [1.807, 2.05) is 18.2 Å². The summed E-state index contributed by atoms with van der Waals surface area (Å²) in [5.41, 5.74) is 1.22. The van der Waals surface area contributed by atoms with E-state index in [4.69, 9.17) is 0 Å². The van der Waals surface area contributed by atoms with Gasteiger partial charge < -0.3 is 10.6 Å². The predicted octanol–water partition coefficient (Wildman–Crippen LogP) is 2.21. The summed E-state index contributed by atoms with van der Waals surface area (Å²) >= 11 is 0. The molecule has 0 spiro atoms. The van der Waals surface area contributed by atoms with Crippen molar-refractivity contribution in [1.82, 2.24) is 15.5 Å². The molecule has 0 aromatic heterocycles. The summed E-state index contributed by atoms with van der Waals surface area (Å²) in [6.07, 6.45) is 6.35. The van der Waals surface area contributed by atoms with Gasteiger partial charge in [0.05, 0.1) is 6.04 Å².